The van der Waals surface area contributed by atoms with Crippen LogP contribution in [0.5, 0.6) is 5.75 Å². The number of aliphatic carboxylic acids is 1. The van der Waals surface area contributed by atoms with Gasteiger partial charge in [-0.25, -0.2) is 13.8 Å². The average Bonchev–Trinajstić information content (AvgIpc) is 2.97. The first kappa shape index (κ1) is 28.5. The molecular formula is C32H34F2N4O3. The Balaban J connectivity index is 1.31. The number of hydrogen-bond donors (Lipinski definition) is 1. The minimum atomic E-state index is -0.798. The van der Waals surface area contributed by atoms with E-state index in [9.17, 15) is 14.3 Å². The standard InChI is InChI=1S/C32H34F2N4O3/c1-21-17-24(22-7-12-37(13-8-22)16-11-35)5-6-25(21)20-41-31-27(18-26(33)19-28(31)34)29-3-2-4-30(36-29)38-14-9-23(10-15-38)32(39)40/h2-6,17-19,22-23H,7-10,12-16,20H2,1H3,(H,39,40). The quantitative estimate of drug-likeness (QED) is 0.342. The number of anilines is 1. The van der Waals surface area contributed by atoms with Crippen LogP contribution in [-0.4, -0.2) is 53.7 Å². The first-order valence-corrected chi connectivity index (χ1v) is 14.1. The fraction of sp³-hybridized carbons (Fsp3) is 0.406. The van der Waals surface area contributed by atoms with Crippen LogP contribution in [0.25, 0.3) is 11.3 Å². The summed E-state index contributed by atoms with van der Waals surface area (Å²) in [6, 6.07) is 15.8. The number of piperidine rings is 2. The van der Waals surface area contributed by atoms with E-state index in [1.807, 2.05) is 24.0 Å². The lowest BCUT2D eigenvalue weighted by molar-refractivity contribution is -0.142. The Bertz CT molecular complexity index is 1440. The van der Waals surface area contributed by atoms with Crippen LogP contribution in [-0.2, 0) is 11.4 Å². The van der Waals surface area contributed by atoms with Gasteiger partial charge in [-0.3, -0.25) is 9.69 Å². The molecule has 0 bridgehead atoms. The Morgan fingerprint density at radius 2 is 1.83 bits per heavy atom. The van der Waals surface area contributed by atoms with Crippen molar-refractivity contribution >= 4 is 11.8 Å². The molecule has 1 N–H and O–H groups in total. The normalized spacial score (nSPS) is 16.9. The molecule has 0 amide bonds. The number of pyridine rings is 1. The zero-order chi connectivity index (χ0) is 28.9. The highest BCUT2D eigenvalue weighted by atomic mass is 19.1. The Labute approximate surface area is 239 Å². The molecule has 2 aliphatic rings. The van der Waals surface area contributed by atoms with Crippen molar-refractivity contribution in [3.8, 4) is 23.1 Å². The lowest BCUT2D eigenvalue weighted by Gasteiger charge is -2.31. The molecule has 9 heteroatoms. The number of halogens is 2. The summed E-state index contributed by atoms with van der Waals surface area (Å²) in [6.07, 6.45) is 3.04. The summed E-state index contributed by atoms with van der Waals surface area (Å²) in [5.41, 5.74) is 3.81. The number of nitrogens with zero attached hydrogens (tertiary/aromatic N) is 4. The Morgan fingerprint density at radius 3 is 2.51 bits per heavy atom. The number of hydrogen-bond acceptors (Lipinski definition) is 6. The maximum absolute atomic E-state index is 15.1. The fourth-order valence-electron chi connectivity index (χ4n) is 5.81. The molecule has 0 saturated carbocycles. The first-order chi connectivity index (χ1) is 19.8. The van der Waals surface area contributed by atoms with Gasteiger partial charge in [0.25, 0.3) is 0 Å². The molecule has 2 saturated heterocycles. The van der Waals surface area contributed by atoms with Crippen molar-refractivity contribution in [3.05, 3.63) is 76.9 Å². The van der Waals surface area contributed by atoms with Crippen molar-refractivity contribution in [2.75, 3.05) is 37.6 Å². The van der Waals surface area contributed by atoms with Gasteiger partial charge >= 0.3 is 5.97 Å². The molecule has 5 rings (SSSR count). The van der Waals surface area contributed by atoms with Gasteiger partial charge in [0.2, 0.25) is 0 Å². The SMILES string of the molecule is Cc1cc(C2CCN(CC#N)CC2)ccc1COc1c(F)cc(F)cc1-c1cccc(N2CCC(C(=O)O)CC2)n1. The van der Waals surface area contributed by atoms with E-state index >= 15 is 4.39 Å². The number of carbonyl (C=O) groups is 1. The maximum Gasteiger partial charge on any atom is 0.306 e. The number of aryl methyl sites for hydroxylation is 1. The summed E-state index contributed by atoms with van der Waals surface area (Å²) in [4.78, 5) is 20.2. The van der Waals surface area contributed by atoms with Crippen molar-refractivity contribution < 1.29 is 23.4 Å². The number of ether oxygens (including phenoxy) is 1. The second-order valence-corrected chi connectivity index (χ2v) is 10.9. The van der Waals surface area contributed by atoms with Gasteiger partial charge in [0.05, 0.1) is 24.2 Å². The molecule has 0 spiro atoms. The van der Waals surface area contributed by atoms with Gasteiger partial charge in [0.1, 0.15) is 18.2 Å². The van der Waals surface area contributed by atoms with E-state index < -0.39 is 17.6 Å². The first-order valence-electron chi connectivity index (χ1n) is 14.1. The van der Waals surface area contributed by atoms with Crippen LogP contribution in [0.3, 0.4) is 0 Å². The highest BCUT2D eigenvalue weighted by Gasteiger charge is 2.26. The smallest absolute Gasteiger partial charge is 0.306 e. The lowest BCUT2D eigenvalue weighted by Crippen LogP contribution is -2.36. The molecule has 0 radical (unpaired) electrons. The number of rotatable bonds is 8. The van der Waals surface area contributed by atoms with Crippen molar-refractivity contribution in [1.82, 2.24) is 9.88 Å². The number of carboxylic acid groups (broad SMARTS) is 1. The second-order valence-electron chi connectivity index (χ2n) is 10.9. The third-order valence-electron chi connectivity index (χ3n) is 8.28. The maximum atomic E-state index is 15.1. The summed E-state index contributed by atoms with van der Waals surface area (Å²) in [6.45, 7) is 5.49. The molecule has 0 aliphatic carbocycles. The number of likely N-dealkylation sites (tertiary alicyclic amines) is 1. The van der Waals surface area contributed by atoms with Gasteiger partial charge in [-0.15, -0.1) is 0 Å². The predicted octanol–water partition coefficient (Wildman–Crippen LogP) is 5.92. The van der Waals surface area contributed by atoms with E-state index in [-0.39, 0.29) is 23.8 Å². The van der Waals surface area contributed by atoms with Crippen LogP contribution in [0, 0.1) is 35.8 Å². The molecule has 3 aromatic rings. The highest BCUT2D eigenvalue weighted by Crippen LogP contribution is 2.35. The Hall–Kier alpha value is -4.03. The minimum Gasteiger partial charge on any atom is -0.485 e. The molecular weight excluding hydrogens is 526 g/mol. The second kappa shape index (κ2) is 12.6. The molecule has 2 fully saturated rings. The fourth-order valence-corrected chi connectivity index (χ4v) is 5.81. The van der Waals surface area contributed by atoms with Crippen LogP contribution in [0.15, 0.2) is 48.5 Å². The average molecular weight is 561 g/mol. The van der Waals surface area contributed by atoms with Crippen LogP contribution in [0.1, 0.15) is 48.3 Å². The molecule has 2 aliphatic heterocycles. The van der Waals surface area contributed by atoms with Crippen molar-refractivity contribution in [2.45, 2.75) is 45.1 Å². The summed E-state index contributed by atoms with van der Waals surface area (Å²) in [5, 5.41) is 18.2. The molecule has 1 aromatic heterocycles. The molecule has 0 unspecified atom stereocenters. The van der Waals surface area contributed by atoms with Gasteiger partial charge < -0.3 is 14.7 Å². The number of benzene rings is 2. The summed E-state index contributed by atoms with van der Waals surface area (Å²) < 4.78 is 35.5. The highest BCUT2D eigenvalue weighted by molar-refractivity contribution is 5.71. The van der Waals surface area contributed by atoms with Gasteiger partial charge in [-0.1, -0.05) is 24.3 Å². The third-order valence-corrected chi connectivity index (χ3v) is 8.28. The largest absolute Gasteiger partial charge is 0.485 e. The third kappa shape index (κ3) is 6.66. The van der Waals surface area contributed by atoms with Crippen LogP contribution < -0.4 is 9.64 Å². The van der Waals surface area contributed by atoms with Gasteiger partial charge in [0, 0.05) is 24.7 Å². The molecule has 41 heavy (non-hydrogen) atoms. The topological polar surface area (TPSA) is 89.7 Å². The van der Waals surface area contributed by atoms with Gasteiger partial charge in [-0.2, -0.15) is 5.26 Å². The number of carboxylic acids is 1. The van der Waals surface area contributed by atoms with Crippen molar-refractivity contribution in [1.29, 1.82) is 5.26 Å². The van der Waals surface area contributed by atoms with E-state index in [1.54, 1.807) is 12.1 Å². The zero-order valence-electron chi connectivity index (χ0n) is 23.2. The molecule has 7 nitrogen and oxygen atoms in total. The summed E-state index contributed by atoms with van der Waals surface area (Å²) in [7, 11) is 0. The van der Waals surface area contributed by atoms with E-state index in [2.05, 4.69) is 28.1 Å². The van der Waals surface area contributed by atoms with Crippen LogP contribution >= 0.6 is 0 Å². The molecule has 214 valence electrons. The number of aromatic nitrogens is 1. The van der Waals surface area contributed by atoms with Crippen LogP contribution in [0.2, 0.25) is 0 Å². The lowest BCUT2D eigenvalue weighted by atomic mass is 9.88. The van der Waals surface area contributed by atoms with Gasteiger partial charge in [-0.05, 0) is 86.5 Å². The zero-order valence-corrected chi connectivity index (χ0v) is 23.2. The number of nitriles is 1. The van der Waals surface area contributed by atoms with Crippen LogP contribution in [0.4, 0.5) is 14.6 Å². The van der Waals surface area contributed by atoms with Crippen molar-refractivity contribution in [3.63, 3.8) is 0 Å². The van der Waals surface area contributed by atoms with E-state index in [0.29, 0.717) is 49.9 Å². The minimum absolute atomic E-state index is 0.0611. The Morgan fingerprint density at radius 1 is 1.07 bits per heavy atom. The summed E-state index contributed by atoms with van der Waals surface area (Å²) >= 11 is 0. The monoisotopic (exact) mass is 560 g/mol. The van der Waals surface area contributed by atoms with E-state index in [1.165, 1.54) is 11.6 Å². The van der Waals surface area contributed by atoms with E-state index in [0.717, 1.165) is 43.1 Å². The van der Waals surface area contributed by atoms with E-state index in [4.69, 9.17) is 10.00 Å². The Kier molecular flexibility index (Phi) is 8.79. The van der Waals surface area contributed by atoms with Crippen molar-refractivity contribution in [2.24, 2.45) is 5.92 Å². The molecule has 0 atom stereocenters. The predicted molar refractivity (Wildman–Crippen MR) is 152 cm³/mol. The summed E-state index contributed by atoms with van der Waals surface area (Å²) in [5.74, 6) is -1.67. The van der Waals surface area contributed by atoms with Gasteiger partial charge in [0.15, 0.2) is 11.6 Å². The molecule has 2 aromatic carbocycles. The molecule has 3 heterocycles.